The molecule has 7 nitrogen and oxygen atoms in total. The van der Waals surface area contributed by atoms with Crippen LogP contribution in [0.2, 0.25) is 0 Å². The molecule has 0 aliphatic carbocycles. The van der Waals surface area contributed by atoms with E-state index in [2.05, 4.69) is 10.1 Å². The van der Waals surface area contributed by atoms with Crippen molar-refractivity contribution in [3.63, 3.8) is 0 Å². The summed E-state index contributed by atoms with van der Waals surface area (Å²) >= 11 is 1.45. The Labute approximate surface area is 141 Å². The number of ether oxygens (including phenoxy) is 1. The first kappa shape index (κ1) is 18.0. The Morgan fingerprint density at radius 2 is 2.04 bits per heavy atom. The highest BCUT2D eigenvalue weighted by atomic mass is 32.2. The van der Waals surface area contributed by atoms with Crippen LogP contribution in [0.25, 0.3) is 0 Å². The van der Waals surface area contributed by atoms with Crippen molar-refractivity contribution in [1.29, 1.82) is 0 Å². The number of amides is 1. The lowest BCUT2D eigenvalue weighted by molar-refractivity contribution is -0.124. The fourth-order valence-corrected chi connectivity index (χ4v) is 2.88. The first-order chi connectivity index (χ1) is 11.3. The number of hydrogen-bond donors (Lipinski definition) is 2. The molecule has 10 heteroatoms. The average molecular weight is 372 g/mol. The molecule has 1 heterocycles. The predicted molar refractivity (Wildman–Crippen MR) is 84.2 cm³/mol. The van der Waals surface area contributed by atoms with Gasteiger partial charge < -0.3 is 10.1 Å². The van der Waals surface area contributed by atoms with Gasteiger partial charge in [0.15, 0.2) is 6.61 Å². The first-order valence-corrected chi connectivity index (χ1v) is 8.98. The summed E-state index contributed by atoms with van der Waals surface area (Å²) in [5, 5.41) is 9.30. The van der Waals surface area contributed by atoms with E-state index in [0.717, 1.165) is 23.1 Å². The lowest BCUT2D eigenvalue weighted by Gasteiger charge is -2.07. The van der Waals surface area contributed by atoms with Gasteiger partial charge in [-0.3, -0.25) is 4.79 Å². The van der Waals surface area contributed by atoms with Crippen molar-refractivity contribution in [2.24, 2.45) is 5.14 Å². The van der Waals surface area contributed by atoms with E-state index < -0.39 is 44.8 Å². The third-order valence-electron chi connectivity index (χ3n) is 2.86. The van der Waals surface area contributed by atoms with E-state index in [9.17, 15) is 22.4 Å². The van der Waals surface area contributed by atoms with E-state index in [-0.39, 0.29) is 6.54 Å². The molecule has 0 aliphatic rings. The van der Waals surface area contributed by atoms with E-state index in [4.69, 9.17) is 5.14 Å². The summed E-state index contributed by atoms with van der Waals surface area (Å²) in [5.74, 6) is -2.71. The Hall–Kier alpha value is -2.30. The van der Waals surface area contributed by atoms with Gasteiger partial charge in [-0.2, -0.15) is 0 Å². The highest BCUT2D eigenvalue weighted by Crippen LogP contribution is 2.15. The van der Waals surface area contributed by atoms with Crippen molar-refractivity contribution >= 4 is 33.2 Å². The number of primary sulfonamides is 1. The monoisotopic (exact) mass is 372 g/mol. The number of hydrogen-bond acceptors (Lipinski definition) is 6. The van der Waals surface area contributed by atoms with Gasteiger partial charge in [-0.05, 0) is 29.6 Å². The predicted octanol–water partition coefficient (Wildman–Crippen LogP) is 1.01. The van der Waals surface area contributed by atoms with Gasteiger partial charge in [-0.15, -0.1) is 11.3 Å². The zero-order valence-corrected chi connectivity index (χ0v) is 13.8. The molecule has 0 spiro atoms. The second-order valence-electron chi connectivity index (χ2n) is 4.62. The molecule has 2 rings (SSSR count). The fraction of sp³-hybridized carbons (Fsp3) is 0.143. The summed E-state index contributed by atoms with van der Waals surface area (Å²) in [6, 6.07) is 6.12. The number of sulfonamides is 1. The van der Waals surface area contributed by atoms with Crippen LogP contribution in [0.3, 0.4) is 0 Å². The molecular formula is C14H13FN2O5S2. The van der Waals surface area contributed by atoms with Crippen LogP contribution < -0.4 is 10.5 Å². The minimum Gasteiger partial charge on any atom is -0.452 e. The number of rotatable bonds is 6. The van der Waals surface area contributed by atoms with Crippen LogP contribution in [0.4, 0.5) is 4.39 Å². The third-order valence-corrected chi connectivity index (χ3v) is 4.65. The first-order valence-electron chi connectivity index (χ1n) is 6.56. The molecule has 1 aromatic carbocycles. The van der Waals surface area contributed by atoms with Crippen molar-refractivity contribution in [2.45, 2.75) is 11.4 Å². The largest absolute Gasteiger partial charge is 0.452 e. The smallest absolute Gasteiger partial charge is 0.341 e. The zero-order valence-electron chi connectivity index (χ0n) is 12.2. The van der Waals surface area contributed by atoms with Gasteiger partial charge in [0.05, 0.1) is 17.0 Å². The average Bonchev–Trinajstić information content (AvgIpc) is 3.03. The Kier molecular flexibility index (Phi) is 5.65. The van der Waals surface area contributed by atoms with E-state index in [1.807, 2.05) is 17.5 Å². The van der Waals surface area contributed by atoms with Gasteiger partial charge in [-0.1, -0.05) is 6.07 Å². The lowest BCUT2D eigenvalue weighted by atomic mass is 10.2. The molecule has 3 N–H and O–H groups in total. The molecule has 1 aromatic heterocycles. The molecule has 2 aromatic rings. The number of benzene rings is 1. The molecule has 0 bridgehead atoms. The Morgan fingerprint density at radius 3 is 2.67 bits per heavy atom. The lowest BCUT2D eigenvalue weighted by Crippen LogP contribution is -2.28. The Balaban J connectivity index is 1.96. The molecule has 0 unspecified atom stereocenters. The van der Waals surface area contributed by atoms with Gasteiger partial charge >= 0.3 is 5.97 Å². The standard InChI is InChI=1S/C14H13FN2O5S2/c15-12-4-3-10(24(16,20)21)6-11(12)14(19)22-8-13(18)17-7-9-2-1-5-23-9/h1-6H,7-8H2,(H,17,18)(H2,16,20,21). The molecule has 24 heavy (non-hydrogen) atoms. The number of carbonyl (C=O) groups excluding carboxylic acids is 2. The van der Waals surface area contributed by atoms with Gasteiger partial charge in [0, 0.05) is 4.88 Å². The van der Waals surface area contributed by atoms with Crippen molar-refractivity contribution in [2.75, 3.05) is 6.61 Å². The number of nitrogens with two attached hydrogens (primary N) is 1. The van der Waals surface area contributed by atoms with E-state index in [1.54, 1.807) is 0 Å². The van der Waals surface area contributed by atoms with Crippen molar-refractivity contribution in [3.8, 4) is 0 Å². The topological polar surface area (TPSA) is 116 Å². The summed E-state index contributed by atoms with van der Waals surface area (Å²) in [4.78, 5) is 23.9. The second-order valence-corrected chi connectivity index (χ2v) is 7.21. The maximum Gasteiger partial charge on any atom is 0.341 e. The fourth-order valence-electron chi connectivity index (χ4n) is 1.70. The molecular weight excluding hydrogens is 359 g/mol. The van der Waals surface area contributed by atoms with Gasteiger partial charge in [0.25, 0.3) is 5.91 Å². The number of nitrogens with one attached hydrogen (secondary N) is 1. The number of halogens is 1. The minimum atomic E-state index is -4.09. The van der Waals surface area contributed by atoms with E-state index in [1.165, 1.54) is 11.3 Å². The van der Waals surface area contributed by atoms with Crippen molar-refractivity contribution in [1.82, 2.24) is 5.32 Å². The van der Waals surface area contributed by atoms with Gasteiger partial charge in [-0.25, -0.2) is 22.7 Å². The summed E-state index contributed by atoms with van der Waals surface area (Å²) in [7, 11) is -4.09. The molecule has 0 atom stereocenters. The van der Waals surface area contributed by atoms with Gasteiger partial charge in [0.1, 0.15) is 5.82 Å². The maximum atomic E-state index is 13.6. The normalized spacial score (nSPS) is 11.1. The van der Waals surface area contributed by atoms with Gasteiger partial charge in [0.2, 0.25) is 10.0 Å². The molecule has 0 fully saturated rings. The molecule has 0 aliphatic heterocycles. The Morgan fingerprint density at radius 1 is 1.29 bits per heavy atom. The minimum absolute atomic E-state index is 0.281. The summed E-state index contributed by atoms with van der Waals surface area (Å²) < 4.78 is 40.8. The highest BCUT2D eigenvalue weighted by Gasteiger charge is 2.18. The number of thiophene rings is 1. The van der Waals surface area contributed by atoms with Crippen molar-refractivity contribution < 1.29 is 27.1 Å². The van der Waals surface area contributed by atoms with Crippen LogP contribution in [-0.2, 0) is 26.1 Å². The maximum absolute atomic E-state index is 13.6. The molecule has 128 valence electrons. The quantitative estimate of drug-likeness (QED) is 0.734. The van der Waals surface area contributed by atoms with Crippen LogP contribution in [0.1, 0.15) is 15.2 Å². The van der Waals surface area contributed by atoms with Crippen LogP contribution in [0, 0.1) is 5.82 Å². The van der Waals surface area contributed by atoms with E-state index >= 15 is 0 Å². The van der Waals surface area contributed by atoms with Crippen LogP contribution in [0.15, 0.2) is 40.6 Å². The SMILES string of the molecule is NS(=O)(=O)c1ccc(F)c(C(=O)OCC(=O)NCc2cccs2)c1. The third kappa shape index (κ3) is 4.85. The Bertz CT molecular complexity index is 850. The second kappa shape index (κ2) is 7.51. The zero-order chi connectivity index (χ0) is 17.7. The van der Waals surface area contributed by atoms with Crippen LogP contribution >= 0.6 is 11.3 Å². The molecule has 0 saturated heterocycles. The number of esters is 1. The van der Waals surface area contributed by atoms with Crippen LogP contribution in [-0.4, -0.2) is 26.9 Å². The summed E-state index contributed by atoms with van der Waals surface area (Å²) in [6.07, 6.45) is 0. The highest BCUT2D eigenvalue weighted by molar-refractivity contribution is 7.89. The summed E-state index contributed by atoms with van der Waals surface area (Å²) in [6.45, 7) is -0.341. The van der Waals surface area contributed by atoms with Crippen LogP contribution in [0.5, 0.6) is 0 Å². The number of carbonyl (C=O) groups is 2. The van der Waals surface area contributed by atoms with Crippen molar-refractivity contribution in [3.05, 3.63) is 52.0 Å². The molecule has 0 radical (unpaired) electrons. The summed E-state index contributed by atoms with van der Waals surface area (Å²) in [5.41, 5.74) is -0.618. The van der Waals surface area contributed by atoms with E-state index in [0.29, 0.717) is 0 Å². The molecule has 0 saturated carbocycles. The molecule has 1 amide bonds.